The van der Waals surface area contributed by atoms with Crippen molar-refractivity contribution in [2.24, 2.45) is 0 Å². The van der Waals surface area contributed by atoms with Gasteiger partial charge < -0.3 is 19.2 Å². The van der Waals surface area contributed by atoms with Crippen LogP contribution in [-0.4, -0.2) is 25.3 Å². The van der Waals surface area contributed by atoms with Gasteiger partial charge in [-0.15, -0.1) is 0 Å². The van der Waals surface area contributed by atoms with E-state index in [1.165, 1.54) is 0 Å². The molecule has 0 unspecified atom stereocenters. The zero-order valence-corrected chi connectivity index (χ0v) is 12.5. The molecule has 0 radical (unpaired) electrons. The maximum Gasteiger partial charge on any atom is 0.163 e. The van der Waals surface area contributed by atoms with Crippen LogP contribution in [0.5, 0.6) is 11.5 Å². The summed E-state index contributed by atoms with van der Waals surface area (Å²) >= 11 is 0. The number of fused-ring (bicyclic) bond motifs is 1. The molecule has 0 fully saturated rings. The molecule has 4 heteroatoms. The number of methoxy groups -OCH3 is 1. The van der Waals surface area contributed by atoms with Gasteiger partial charge in [-0.2, -0.15) is 0 Å². The molecular formula is C18H19NO3. The van der Waals surface area contributed by atoms with Crippen molar-refractivity contribution in [1.82, 2.24) is 4.98 Å². The normalized spacial score (nSPS) is 10.8. The minimum absolute atomic E-state index is 0.490. The molecule has 0 saturated heterocycles. The van der Waals surface area contributed by atoms with E-state index in [0.717, 1.165) is 28.0 Å². The molecule has 0 aliphatic carbocycles. The largest absolute Gasteiger partial charge is 0.487 e. The molecule has 3 rings (SSSR count). The lowest BCUT2D eigenvalue weighted by molar-refractivity contribution is 0.143. The van der Waals surface area contributed by atoms with E-state index >= 15 is 0 Å². The lowest BCUT2D eigenvalue weighted by atomic mass is 10.2. The zero-order valence-electron chi connectivity index (χ0n) is 12.5. The summed E-state index contributed by atoms with van der Waals surface area (Å²) in [5.74, 6) is 1.47. The molecule has 2 aromatic carbocycles. The average Bonchev–Trinajstić information content (AvgIpc) is 3.01. The molecule has 0 amide bonds. The SMILES string of the molecule is COCCOc1cc2[nH]ccc2cc1OCc1ccccc1. The first-order valence-corrected chi connectivity index (χ1v) is 7.26. The van der Waals surface area contributed by atoms with E-state index in [2.05, 4.69) is 4.98 Å². The van der Waals surface area contributed by atoms with Crippen LogP contribution >= 0.6 is 0 Å². The fourth-order valence-corrected chi connectivity index (χ4v) is 2.26. The third kappa shape index (κ3) is 3.40. The van der Waals surface area contributed by atoms with Crippen molar-refractivity contribution in [3.05, 3.63) is 60.3 Å². The summed E-state index contributed by atoms with van der Waals surface area (Å²) in [6.45, 7) is 1.54. The number of aromatic amines is 1. The first-order valence-electron chi connectivity index (χ1n) is 7.26. The van der Waals surface area contributed by atoms with Crippen molar-refractivity contribution >= 4 is 10.9 Å². The molecule has 1 heterocycles. The van der Waals surface area contributed by atoms with Gasteiger partial charge in [0.15, 0.2) is 11.5 Å². The number of aromatic nitrogens is 1. The van der Waals surface area contributed by atoms with Gasteiger partial charge in [0.25, 0.3) is 0 Å². The molecule has 0 aliphatic rings. The minimum Gasteiger partial charge on any atom is -0.487 e. The minimum atomic E-state index is 0.490. The Morgan fingerprint density at radius 2 is 1.73 bits per heavy atom. The fourth-order valence-electron chi connectivity index (χ4n) is 2.26. The van der Waals surface area contributed by atoms with Crippen molar-refractivity contribution in [3.8, 4) is 11.5 Å². The smallest absolute Gasteiger partial charge is 0.163 e. The van der Waals surface area contributed by atoms with E-state index in [1.807, 2.05) is 54.7 Å². The second kappa shape index (κ2) is 7.00. The van der Waals surface area contributed by atoms with Crippen molar-refractivity contribution < 1.29 is 14.2 Å². The van der Waals surface area contributed by atoms with Crippen LogP contribution in [0.25, 0.3) is 10.9 Å². The van der Waals surface area contributed by atoms with Gasteiger partial charge in [0.1, 0.15) is 13.2 Å². The number of H-pyrrole nitrogens is 1. The van der Waals surface area contributed by atoms with Gasteiger partial charge in [-0.25, -0.2) is 0 Å². The van der Waals surface area contributed by atoms with Gasteiger partial charge in [-0.1, -0.05) is 30.3 Å². The number of hydrogen-bond acceptors (Lipinski definition) is 3. The Balaban J connectivity index is 1.80. The van der Waals surface area contributed by atoms with Crippen LogP contribution in [0.3, 0.4) is 0 Å². The predicted octanol–water partition coefficient (Wildman–Crippen LogP) is 3.77. The Morgan fingerprint density at radius 3 is 2.55 bits per heavy atom. The molecule has 0 spiro atoms. The van der Waals surface area contributed by atoms with Crippen LogP contribution in [0.4, 0.5) is 0 Å². The average molecular weight is 297 g/mol. The van der Waals surface area contributed by atoms with Crippen molar-refractivity contribution in [3.63, 3.8) is 0 Å². The van der Waals surface area contributed by atoms with Crippen LogP contribution in [0.15, 0.2) is 54.7 Å². The number of rotatable bonds is 7. The predicted molar refractivity (Wildman–Crippen MR) is 86.4 cm³/mol. The molecule has 1 aromatic heterocycles. The van der Waals surface area contributed by atoms with Gasteiger partial charge >= 0.3 is 0 Å². The Kier molecular flexibility index (Phi) is 4.61. The lowest BCUT2D eigenvalue weighted by Crippen LogP contribution is -2.06. The maximum absolute atomic E-state index is 5.95. The maximum atomic E-state index is 5.95. The van der Waals surface area contributed by atoms with Crippen LogP contribution in [-0.2, 0) is 11.3 Å². The second-order valence-corrected chi connectivity index (χ2v) is 4.98. The highest BCUT2D eigenvalue weighted by Gasteiger charge is 2.09. The van der Waals surface area contributed by atoms with Gasteiger partial charge in [-0.05, 0) is 17.7 Å². The molecule has 1 N–H and O–H groups in total. The first kappa shape index (κ1) is 14.5. The molecular weight excluding hydrogens is 278 g/mol. The third-order valence-corrected chi connectivity index (χ3v) is 3.40. The standard InChI is InChI=1S/C18H19NO3/c1-20-9-10-21-18-12-16-15(7-8-19-16)11-17(18)22-13-14-5-3-2-4-6-14/h2-8,11-12,19H,9-10,13H2,1H3. The topological polar surface area (TPSA) is 43.5 Å². The van der Waals surface area contributed by atoms with Crippen LogP contribution in [0.2, 0.25) is 0 Å². The molecule has 4 nitrogen and oxygen atoms in total. The number of benzene rings is 2. The zero-order chi connectivity index (χ0) is 15.2. The van der Waals surface area contributed by atoms with Crippen LogP contribution in [0.1, 0.15) is 5.56 Å². The van der Waals surface area contributed by atoms with E-state index in [9.17, 15) is 0 Å². The molecule has 0 saturated carbocycles. The van der Waals surface area contributed by atoms with E-state index < -0.39 is 0 Å². The lowest BCUT2D eigenvalue weighted by Gasteiger charge is -2.13. The monoisotopic (exact) mass is 297 g/mol. The van der Waals surface area contributed by atoms with Crippen molar-refractivity contribution in [2.45, 2.75) is 6.61 Å². The summed E-state index contributed by atoms with van der Waals surface area (Å²) in [5, 5.41) is 1.10. The summed E-state index contributed by atoms with van der Waals surface area (Å²) < 4.78 is 16.8. The molecule has 0 bridgehead atoms. The quantitative estimate of drug-likeness (QED) is 0.675. The highest BCUT2D eigenvalue weighted by atomic mass is 16.5. The Bertz CT molecular complexity index is 722. The van der Waals surface area contributed by atoms with Gasteiger partial charge in [-0.3, -0.25) is 0 Å². The third-order valence-electron chi connectivity index (χ3n) is 3.40. The summed E-state index contributed by atoms with van der Waals surface area (Å²) in [5.41, 5.74) is 2.15. The van der Waals surface area contributed by atoms with E-state index in [1.54, 1.807) is 7.11 Å². The molecule has 0 atom stereocenters. The number of hydrogen-bond donors (Lipinski definition) is 1. The second-order valence-electron chi connectivity index (χ2n) is 4.98. The summed E-state index contributed by atoms with van der Waals surface area (Å²) in [6, 6.07) is 16.1. The number of nitrogens with one attached hydrogen (secondary N) is 1. The summed E-state index contributed by atoms with van der Waals surface area (Å²) in [4.78, 5) is 3.18. The number of ether oxygens (including phenoxy) is 3. The highest BCUT2D eigenvalue weighted by Crippen LogP contribution is 2.32. The summed E-state index contributed by atoms with van der Waals surface area (Å²) in [6.07, 6.45) is 1.91. The van der Waals surface area contributed by atoms with Crippen LogP contribution < -0.4 is 9.47 Å². The van der Waals surface area contributed by atoms with Gasteiger partial charge in [0.05, 0.1) is 6.61 Å². The Morgan fingerprint density at radius 1 is 0.909 bits per heavy atom. The van der Waals surface area contributed by atoms with E-state index in [0.29, 0.717) is 19.8 Å². The molecule has 114 valence electrons. The van der Waals surface area contributed by atoms with Gasteiger partial charge in [0.2, 0.25) is 0 Å². The fraction of sp³-hybridized carbons (Fsp3) is 0.222. The Hall–Kier alpha value is -2.46. The van der Waals surface area contributed by atoms with Crippen molar-refractivity contribution in [2.75, 3.05) is 20.3 Å². The van der Waals surface area contributed by atoms with E-state index in [4.69, 9.17) is 14.2 Å². The molecule has 22 heavy (non-hydrogen) atoms. The molecule has 0 aliphatic heterocycles. The first-order chi connectivity index (χ1) is 10.9. The van der Waals surface area contributed by atoms with Crippen LogP contribution in [0, 0.1) is 0 Å². The summed E-state index contributed by atoms with van der Waals surface area (Å²) in [7, 11) is 1.66. The van der Waals surface area contributed by atoms with E-state index in [-0.39, 0.29) is 0 Å². The molecule has 3 aromatic rings. The highest BCUT2D eigenvalue weighted by molar-refractivity contribution is 5.83. The van der Waals surface area contributed by atoms with Gasteiger partial charge in [0, 0.05) is 30.3 Å². The Labute approximate surface area is 129 Å². The van der Waals surface area contributed by atoms with Crippen molar-refractivity contribution in [1.29, 1.82) is 0 Å².